The van der Waals surface area contributed by atoms with Crippen molar-refractivity contribution < 1.29 is 14.7 Å². The summed E-state index contributed by atoms with van der Waals surface area (Å²) in [4.78, 5) is 23.2. The lowest BCUT2D eigenvalue weighted by molar-refractivity contribution is -0.137. The number of carboxylic acid groups (broad SMARTS) is 1. The van der Waals surface area contributed by atoms with Crippen molar-refractivity contribution in [1.29, 1.82) is 0 Å². The van der Waals surface area contributed by atoms with Gasteiger partial charge in [0.15, 0.2) is 0 Å². The minimum Gasteiger partial charge on any atom is -0.481 e. The van der Waals surface area contributed by atoms with E-state index < -0.39 is 5.97 Å². The van der Waals surface area contributed by atoms with E-state index in [1.54, 1.807) is 11.9 Å². The van der Waals surface area contributed by atoms with Crippen LogP contribution < -0.4 is 5.32 Å². The van der Waals surface area contributed by atoms with Gasteiger partial charge in [0, 0.05) is 26.1 Å². The quantitative estimate of drug-likeness (QED) is 0.642. The molecular formula is C10H20N2O3. The van der Waals surface area contributed by atoms with Crippen molar-refractivity contribution >= 4 is 11.9 Å². The molecule has 0 rings (SSSR count). The first-order chi connectivity index (χ1) is 6.93. The molecule has 0 unspecified atom stereocenters. The normalized spacial score (nSPS) is 10.4. The summed E-state index contributed by atoms with van der Waals surface area (Å²) in [7, 11) is 1.69. The predicted molar refractivity (Wildman–Crippen MR) is 57.6 cm³/mol. The van der Waals surface area contributed by atoms with Crippen molar-refractivity contribution in [2.24, 2.45) is 0 Å². The van der Waals surface area contributed by atoms with Gasteiger partial charge < -0.3 is 15.3 Å². The van der Waals surface area contributed by atoms with E-state index in [9.17, 15) is 9.59 Å². The molecule has 0 radical (unpaired) electrons. The Morgan fingerprint density at radius 3 is 2.47 bits per heavy atom. The largest absolute Gasteiger partial charge is 0.481 e. The van der Waals surface area contributed by atoms with Crippen LogP contribution >= 0.6 is 0 Å². The van der Waals surface area contributed by atoms with Gasteiger partial charge in [-0.25, -0.2) is 0 Å². The Hall–Kier alpha value is -1.10. The van der Waals surface area contributed by atoms with Crippen LogP contribution in [0.15, 0.2) is 0 Å². The fourth-order valence-electron chi connectivity index (χ4n) is 1.02. The summed E-state index contributed by atoms with van der Waals surface area (Å²) in [6, 6.07) is 0.279. The van der Waals surface area contributed by atoms with Gasteiger partial charge in [0.1, 0.15) is 0 Å². The molecule has 0 aromatic carbocycles. The molecule has 0 saturated heterocycles. The first kappa shape index (κ1) is 13.9. The molecular weight excluding hydrogens is 196 g/mol. The molecule has 2 N–H and O–H groups in total. The monoisotopic (exact) mass is 216 g/mol. The maximum Gasteiger partial charge on any atom is 0.303 e. The number of carbonyl (C=O) groups is 2. The lowest BCUT2D eigenvalue weighted by Gasteiger charge is -2.17. The van der Waals surface area contributed by atoms with Crippen LogP contribution in [0.5, 0.6) is 0 Å². The smallest absolute Gasteiger partial charge is 0.303 e. The zero-order chi connectivity index (χ0) is 11.8. The first-order valence-electron chi connectivity index (χ1n) is 5.12. The molecule has 0 atom stereocenters. The van der Waals surface area contributed by atoms with Crippen LogP contribution in [0.2, 0.25) is 0 Å². The second kappa shape index (κ2) is 7.23. The predicted octanol–water partition coefficient (Wildman–Crippen LogP) is 0.308. The minimum atomic E-state index is -0.823. The molecule has 0 fully saturated rings. The average Bonchev–Trinajstić information content (AvgIpc) is 2.13. The third-order valence-electron chi connectivity index (χ3n) is 1.97. The Morgan fingerprint density at radius 1 is 1.40 bits per heavy atom. The highest BCUT2D eigenvalue weighted by Gasteiger charge is 2.08. The van der Waals surface area contributed by atoms with Crippen molar-refractivity contribution in [3.63, 3.8) is 0 Å². The molecule has 0 heterocycles. The van der Waals surface area contributed by atoms with E-state index in [-0.39, 0.29) is 18.4 Å². The number of amides is 1. The second-order valence-electron chi connectivity index (χ2n) is 3.85. The van der Waals surface area contributed by atoms with Crippen LogP contribution in [0.25, 0.3) is 0 Å². The summed E-state index contributed by atoms with van der Waals surface area (Å²) < 4.78 is 0. The average molecular weight is 216 g/mol. The van der Waals surface area contributed by atoms with E-state index in [0.717, 1.165) is 0 Å². The molecule has 0 spiro atoms. The molecule has 1 amide bonds. The van der Waals surface area contributed by atoms with E-state index in [1.165, 1.54) is 0 Å². The molecule has 0 saturated carbocycles. The number of likely N-dealkylation sites (N-methyl/N-ethyl adjacent to an activating group) is 1. The summed E-state index contributed by atoms with van der Waals surface area (Å²) in [5, 5.41) is 11.4. The molecule has 0 aromatic rings. The van der Waals surface area contributed by atoms with Gasteiger partial charge in [-0.1, -0.05) is 13.8 Å². The maximum atomic E-state index is 11.4. The van der Waals surface area contributed by atoms with E-state index in [1.807, 2.05) is 13.8 Å². The van der Waals surface area contributed by atoms with Crippen LogP contribution in [0.3, 0.4) is 0 Å². The van der Waals surface area contributed by atoms with Crippen molar-refractivity contribution in [2.45, 2.75) is 32.7 Å². The van der Waals surface area contributed by atoms with Crippen molar-refractivity contribution in [2.75, 3.05) is 20.1 Å². The van der Waals surface area contributed by atoms with E-state index in [0.29, 0.717) is 19.5 Å². The highest BCUT2D eigenvalue weighted by molar-refractivity contribution is 5.78. The third kappa shape index (κ3) is 7.93. The first-order valence-corrected chi connectivity index (χ1v) is 5.12. The lowest BCUT2D eigenvalue weighted by Crippen LogP contribution is -2.38. The summed E-state index contributed by atoms with van der Waals surface area (Å²) in [5.74, 6) is -0.828. The number of nitrogens with zero attached hydrogens (tertiary/aromatic N) is 1. The van der Waals surface area contributed by atoms with Crippen molar-refractivity contribution in [3.05, 3.63) is 0 Å². The topological polar surface area (TPSA) is 69.6 Å². The van der Waals surface area contributed by atoms with Gasteiger partial charge in [-0.05, 0) is 6.42 Å². The van der Waals surface area contributed by atoms with Crippen LogP contribution in [0.1, 0.15) is 26.7 Å². The van der Waals surface area contributed by atoms with Gasteiger partial charge in [0.25, 0.3) is 0 Å². The van der Waals surface area contributed by atoms with Gasteiger partial charge in [0.2, 0.25) is 5.91 Å². The summed E-state index contributed by atoms with van der Waals surface area (Å²) >= 11 is 0. The zero-order valence-corrected chi connectivity index (χ0v) is 9.62. The standard InChI is InChI=1S/C10H20N2O3/c1-8(2)11-7-9(13)12(3)6-4-5-10(14)15/h8,11H,4-7H2,1-3H3,(H,14,15). The fraction of sp³-hybridized carbons (Fsp3) is 0.800. The Kier molecular flexibility index (Phi) is 6.70. The van der Waals surface area contributed by atoms with Crippen molar-refractivity contribution in [3.8, 4) is 0 Å². The number of carbonyl (C=O) groups excluding carboxylic acids is 1. The molecule has 5 nitrogen and oxygen atoms in total. The Labute approximate surface area is 90.5 Å². The van der Waals surface area contributed by atoms with Gasteiger partial charge in [-0.3, -0.25) is 9.59 Å². The molecule has 0 aliphatic heterocycles. The summed E-state index contributed by atoms with van der Waals surface area (Å²) in [5.41, 5.74) is 0. The van der Waals surface area contributed by atoms with E-state index in [4.69, 9.17) is 5.11 Å². The highest BCUT2D eigenvalue weighted by atomic mass is 16.4. The van der Waals surface area contributed by atoms with Crippen LogP contribution in [0.4, 0.5) is 0 Å². The summed E-state index contributed by atoms with van der Waals surface area (Å²) in [6.07, 6.45) is 0.606. The molecule has 0 bridgehead atoms. The number of nitrogens with one attached hydrogen (secondary N) is 1. The molecule has 15 heavy (non-hydrogen) atoms. The molecule has 5 heteroatoms. The Morgan fingerprint density at radius 2 is 2.00 bits per heavy atom. The number of carboxylic acids is 1. The molecule has 0 aromatic heterocycles. The van der Waals surface area contributed by atoms with Crippen LogP contribution in [0, 0.1) is 0 Å². The maximum absolute atomic E-state index is 11.4. The van der Waals surface area contributed by atoms with E-state index in [2.05, 4.69) is 5.32 Å². The minimum absolute atomic E-state index is 0.00547. The van der Waals surface area contributed by atoms with E-state index >= 15 is 0 Å². The number of hydrogen-bond acceptors (Lipinski definition) is 3. The Bertz CT molecular complexity index is 217. The van der Waals surface area contributed by atoms with Gasteiger partial charge in [-0.15, -0.1) is 0 Å². The Balaban J connectivity index is 3.64. The lowest BCUT2D eigenvalue weighted by atomic mass is 10.3. The fourth-order valence-corrected chi connectivity index (χ4v) is 1.02. The van der Waals surface area contributed by atoms with Gasteiger partial charge >= 0.3 is 5.97 Å². The van der Waals surface area contributed by atoms with Crippen molar-refractivity contribution in [1.82, 2.24) is 10.2 Å². The molecule has 88 valence electrons. The highest BCUT2D eigenvalue weighted by Crippen LogP contribution is 1.93. The summed E-state index contributed by atoms with van der Waals surface area (Å²) in [6.45, 7) is 4.74. The van der Waals surface area contributed by atoms with Gasteiger partial charge in [0.05, 0.1) is 6.54 Å². The van der Waals surface area contributed by atoms with Crippen LogP contribution in [-0.4, -0.2) is 48.1 Å². The zero-order valence-electron chi connectivity index (χ0n) is 9.62. The number of aliphatic carboxylic acids is 1. The number of rotatable bonds is 7. The third-order valence-corrected chi connectivity index (χ3v) is 1.97. The van der Waals surface area contributed by atoms with Crippen LogP contribution in [-0.2, 0) is 9.59 Å². The van der Waals surface area contributed by atoms with Gasteiger partial charge in [-0.2, -0.15) is 0 Å². The molecule has 0 aliphatic rings. The second-order valence-corrected chi connectivity index (χ2v) is 3.85. The molecule has 0 aliphatic carbocycles. The SMILES string of the molecule is CC(C)NCC(=O)N(C)CCCC(=O)O. The number of hydrogen-bond donors (Lipinski definition) is 2.